The van der Waals surface area contributed by atoms with Crippen LogP contribution in [0.4, 0.5) is 5.69 Å². The minimum absolute atomic E-state index is 0.0333. The van der Waals surface area contributed by atoms with Gasteiger partial charge in [0.15, 0.2) is 11.9 Å². The number of ketones is 1. The van der Waals surface area contributed by atoms with Gasteiger partial charge in [-0.15, -0.1) is 0 Å². The zero-order valence-corrected chi connectivity index (χ0v) is 19.2. The van der Waals surface area contributed by atoms with Gasteiger partial charge in [-0.3, -0.25) is 9.59 Å². The first kappa shape index (κ1) is 22.3. The highest BCUT2D eigenvalue weighted by atomic mass is 16.5. The van der Waals surface area contributed by atoms with E-state index in [2.05, 4.69) is 26.1 Å². The van der Waals surface area contributed by atoms with Crippen molar-refractivity contribution in [3.8, 4) is 5.75 Å². The molecule has 0 aliphatic rings. The molecule has 1 heterocycles. The topological polar surface area (TPSA) is 68.5 Å². The van der Waals surface area contributed by atoms with Crippen molar-refractivity contribution in [2.45, 2.75) is 39.2 Å². The maximum atomic E-state index is 13.1. The van der Waals surface area contributed by atoms with Gasteiger partial charge < -0.3 is 14.5 Å². The van der Waals surface area contributed by atoms with Crippen LogP contribution in [-0.4, -0.2) is 17.8 Å². The number of carbonyl (C=O) groups excluding carboxylic acids is 2. The van der Waals surface area contributed by atoms with Crippen molar-refractivity contribution >= 4 is 28.3 Å². The number of carbonyl (C=O) groups is 2. The van der Waals surface area contributed by atoms with E-state index in [0.717, 1.165) is 0 Å². The molecule has 0 radical (unpaired) electrons. The number of nitrogens with one attached hydrogen (secondary N) is 1. The van der Waals surface area contributed by atoms with Crippen LogP contribution in [0.3, 0.4) is 0 Å². The van der Waals surface area contributed by atoms with Crippen LogP contribution in [0.5, 0.6) is 5.75 Å². The lowest BCUT2D eigenvalue weighted by molar-refractivity contribution is -0.122. The lowest BCUT2D eigenvalue weighted by Crippen LogP contribution is -2.30. The summed E-state index contributed by atoms with van der Waals surface area (Å²) in [7, 11) is 0. The van der Waals surface area contributed by atoms with Gasteiger partial charge in [-0.25, -0.2) is 0 Å². The Labute approximate surface area is 193 Å². The predicted molar refractivity (Wildman–Crippen MR) is 130 cm³/mol. The van der Waals surface area contributed by atoms with Crippen LogP contribution in [0.2, 0.25) is 0 Å². The largest absolute Gasteiger partial charge is 0.481 e. The molecule has 0 spiro atoms. The van der Waals surface area contributed by atoms with E-state index in [1.54, 1.807) is 37.3 Å². The molecule has 0 bridgehead atoms. The number of amides is 1. The Hall–Kier alpha value is -3.86. The fraction of sp³-hybridized carbons (Fsp3) is 0.214. The third kappa shape index (κ3) is 4.82. The molecule has 0 aliphatic heterocycles. The van der Waals surface area contributed by atoms with Crippen LogP contribution in [0.15, 0.2) is 83.3 Å². The number of rotatable bonds is 6. The monoisotopic (exact) mass is 441 g/mol. The quantitative estimate of drug-likeness (QED) is 0.353. The number of benzene rings is 3. The van der Waals surface area contributed by atoms with Crippen molar-refractivity contribution in [1.29, 1.82) is 0 Å². The number of ether oxygens (including phenoxy) is 1. The average Bonchev–Trinajstić information content (AvgIpc) is 3.17. The maximum absolute atomic E-state index is 13.1. The second-order valence-corrected chi connectivity index (χ2v) is 9.02. The van der Waals surface area contributed by atoms with E-state index in [4.69, 9.17) is 9.15 Å². The van der Waals surface area contributed by atoms with Crippen molar-refractivity contribution < 1.29 is 18.7 Å². The first-order chi connectivity index (χ1) is 15.7. The molecule has 168 valence electrons. The second kappa shape index (κ2) is 8.94. The van der Waals surface area contributed by atoms with Gasteiger partial charge in [0, 0.05) is 10.9 Å². The molecule has 0 fully saturated rings. The molecule has 4 rings (SSSR count). The highest BCUT2D eigenvalue weighted by molar-refractivity contribution is 6.17. The third-order valence-corrected chi connectivity index (χ3v) is 5.49. The SMILES string of the molecule is CC(Oc1ccc(C(C)(C)C)cc1)C(=O)Nc1c(C(=O)c2ccccc2)oc2ccccc12. The van der Waals surface area contributed by atoms with E-state index in [9.17, 15) is 9.59 Å². The van der Waals surface area contributed by atoms with E-state index >= 15 is 0 Å². The van der Waals surface area contributed by atoms with Gasteiger partial charge >= 0.3 is 0 Å². The van der Waals surface area contributed by atoms with E-state index < -0.39 is 6.10 Å². The molecule has 0 saturated carbocycles. The molecule has 33 heavy (non-hydrogen) atoms. The summed E-state index contributed by atoms with van der Waals surface area (Å²) in [4.78, 5) is 26.1. The van der Waals surface area contributed by atoms with Crippen molar-refractivity contribution in [1.82, 2.24) is 0 Å². The summed E-state index contributed by atoms with van der Waals surface area (Å²) >= 11 is 0. The van der Waals surface area contributed by atoms with Crippen molar-refractivity contribution in [2.75, 3.05) is 5.32 Å². The van der Waals surface area contributed by atoms with Gasteiger partial charge in [0.2, 0.25) is 5.78 Å². The van der Waals surface area contributed by atoms with Gasteiger partial charge in [-0.2, -0.15) is 0 Å². The van der Waals surface area contributed by atoms with Crippen LogP contribution >= 0.6 is 0 Å². The molecule has 4 aromatic rings. The Morgan fingerprint density at radius 2 is 1.52 bits per heavy atom. The van der Waals surface area contributed by atoms with Gasteiger partial charge in [-0.1, -0.05) is 75.4 Å². The summed E-state index contributed by atoms with van der Waals surface area (Å²) in [6.45, 7) is 8.10. The van der Waals surface area contributed by atoms with E-state index in [-0.39, 0.29) is 22.9 Å². The molecule has 5 heteroatoms. The molecule has 1 aromatic heterocycles. The number of furan rings is 1. The Balaban J connectivity index is 1.58. The Kier molecular flexibility index (Phi) is 6.05. The molecule has 3 aromatic carbocycles. The molecule has 0 saturated heterocycles. The fourth-order valence-electron chi connectivity index (χ4n) is 3.57. The van der Waals surface area contributed by atoms with Gasteiger partial charge in [0.05, 0.1) is 5.69 Å². The highest BCUT2D eigenvalue weighted by Crippen LogP contribution is 2.33. The summed E-state index contributed by atoms with van der Waals surface area (Å²) in [6.07, 6.45) is -0.779. The number of fused-ring (bicyclic) bond motifs is 1. The number of hydrogen-bond acceptors (Lipinski definition) is 4. The van der Waals surface area contributed by atoms with Crippen LogP contribution in [-0.2, 0) is 10.2 Å². The Bertz CT molecular complexity index is 1280. The summed E-state index contributed by atoms with van der Waals surface area (Å²) in [5, 5.41) is 3.52. The number of para-hydroxylation sites is 1. The predicted octanol–water partition coefficient (Wildman–Crippen LogP) is 6.37. The van der Waals surface area contributed by atoms with Crippen LogP contribution in [0, 0.1) is 0 Å². The van der Waals surface area contributed by atoms with E-state index in [1.807, 2.05) is 48.5 Å². The molecular formula is C28H27NO4. The Morgan fingerprint density at radius 1 is 0.879 bits per heavy atom. The minimum Gasteiger partial charge on any atom is -0.481 e. The average molecular weight is 442 g/mol. The lowest BCUT2D eigenvalue weighted by Gasteiger charge is -2.20. The summed E-state index contributed by atoms with van der Waals surface area (Å²) < 4.78 is 11.7. The number of anilines is 1. The van der Waals surface area contributed by atoms with Crippen LogP contribution in [0.25, 0.3) is 11.0 Å². The third-order valence-electron chi connectivity index (χ3n) is 5.49. The van der Waals surface area contributed by atoms with Crippen LogP contribution < -0.4 is 10.1 Å². The van der Waals surface area contributed by atoms with E-state index in [1.165, 1.54) is 5.56 Å². The number of hydrogen-bond donors (Lipinski definition) is 1. The smallest absolute Gasteiger partial charge is 0.265 e. The summed E-state index contributed by atoms with van der Waals surface area (Å²) in [5.74, 6) is 0.0257. The first-order valence-corrected chi connectivity index (χ1v) is 10.9. The normalized spacial score (nSPS) is 12.4. The zero-order chi connectivity index (χ0) is 23.6. The molecule has 0 aliphatic carbocycles. The van der Waals surface area contributed by atoms with Gasteiger partial charge in [0.25, 0.3) is 5.91 Å². The first-order valence-electron chi connectivity index (χ1n) is 10.9. The highest BCUT2D eigenvalue weighted by Gasteiger charge is 2.25. The molecule has 1 amide bonds. The molecule has 1 unspecified atom stereocenters. The molecule has 5 nitrogen and oxygen atoms in total. The van der Waals surface area contributed by atoms with Crippen molar-refractivity contribution in [2.24, 2.45) is 0 Å². The maximum Gasteiger partial charge on any atom is 0.265 e. The summed E-state index contributed by atoms with van der Waals surface area (Å²) in [5.41, 5.74) is 2.57. The van der Waals surface area contributed by atoms with Crippen molar-refractivity contribution in [3.05, 3.63) is 95.7 Å². The summed E-state index contributed by atoms with van der Waals surface area (Å²) in [6, 6.07) is 23.8. The standard InChI is InChI=1S/C28H27NO4/c1-18(32-21-16-14-20(15-17-21)28(2,3)4)27(31)29-24-22-12-8-9-13-23(22)33-26(24)25(30)19-10-6-5-7-11-19/h5-18H,1-4H3,(H,29,31). The molecule has 1 atom stereocenters. The fourth-order valence-corrected chi connectivity index (χ4v) is 3.57. The lowest BCUT2D eigenvalue weighted by atomic mass is 9.87. The molecular weight excluding hydrogens is 414 g/mol. The van der Waals surface area contributed by atoms with Gasteiger partial charge in [0.1, 0.15) is 11.3 Å². The van der Waals surface area contributed by atoms with E-state index in [0.29, 0.717) is 28.0 Å². The molecule has 1 N–H and O–H groups in total. The van der Waals surface area contributed by atoms with Crippen LogP contribution in [0.1, 0.15) is 49.4 Å². The van der Waals surface area contributed by atoms with Gasteiger partial charge in [-0.05, 0) is 42.2 Å². The van der Waals surface area contributed by atoms with Crippen molar-refractivity contribution in [3.63, 3.8) is 0 Å². The minimum atomic E-state index is -0.779. The Morgan fingerprint density at radius 3 is 2.18 bits per heavy atom. The second-order valence-electron chi connectivity index (χ2n) is 9.02. The zero-order valence-electron chi connectivity index (χ0n) is 19.2.